The predicted molar refractivity (Wildman–Crippen MR) is 76.1 cm³/mol. The topological polar surface area (TPSA) is 55.1 Å². The lowest BCUT2D eigenvalue weighted by molar-refractivity contribution is -0.139. The summed E-state index contributed by atoms with van der Waals surface area (Å²) in [7, 11) is 0. The first-order chi connectivity index (χ1) is 9.63. The van der Waals surface area contributed by atoms with Crippen molar-refractivity contribution in [2.75, 3.05) is 0 Å². The van der Waals surface area contributed by atoms with Gasteiger partial charge in [-0.1, -0.05) is 23.7 Å². The van der Waals surface area contributed by atoms with E-state index in [4.69, 9.17) is 11.6 Å². The average Bonchev–Trinajstić information content (AvgIpc) is 2.83. The van der Waals surface area contributed by atoms with Crippen LogP contribution in [0.25, 0.3) is 0 Å². The number of carbonyl (C=O) groups is 1. The van der Waals surface area contributed by atoms with Gasteiger partial charge in [-0.3, -0.25) is 4.79 Å². The van der Waals surface area contributed by atoms with Crippen molar-refractivity contribution < 1.29 is 9.90 Å². The predicted octanol–water partition coefficient (Wildman–Crippen LogP) is 3.09. The summed E-state index contributed by atoms with van der Waals surface area (Å²) in [5, 5.41) is 9.96. The summed E-state index contributed by atoms with van der Waals surface area (Å²) in [6, 6.07) is 7.64. The minimum absolute atomic E-state index is 0.470. The lowest BCUT2D eigenvalue weighted by Crippen LogP contribution is -2.21. The number of fused-ring (bicyclic) bond motifs is 1. The van der Waals surface area contributed by atoms with Crippen molar-refractivity contribution in [2.45, 2.75) is 31.7 Å². The first-order valence-corrected chi connectivity index (χ1v) is 7.04. The Kier molecular flexibility index (Phi) is 3.49. The van der Waals surface area contributed by atoms with Gasteiger partial charge in [-0.25, -0.2) is 4.98 Å². The van der Waals surface area contributed by atoms with Gasteiger partial charge in [-0.2, -0.15) is 0 Å². The molecule has 0 saturated carbocycles. The van der Waals surface area contributed by atoms with E-state index in [2.05, 4.69) is 4.98 Å². The Morgan fingerprint density at radius 3 is 2.85 bits per heavy atom. The molecule has 1 unspecified atom stereocenters. The monoisotopic (exact) mass is 290 g/mol. The second-order valence-electron chi connectivity index (χ2n) is 5.12. The fourth-order valence-electron chi connectivity index (χ4n) is 2.67. The van der Waals surface area contributed by atoms with Gasteiger partial charge in [-0.05, 0) is 30.5 Å². The zero-order valence-electron chi connectivity index (χ0n) is 10.9. The van der Waals surface area contributed by atoms with E-state index in [1.54, 1.807) is 0 Å². The molecule has 0 fully saturated rings. The Balaban J connectivity index is 1.85. The number of halogens is 1. The number of imidazole rings is 1. The van der Waals surface area contributed by atoms with E-state index in [-0.39, 0.29) is 0 Å². The molecule has 1 aromatic carbocycles. The normalized spacial score (nSPS) is 17.8. The molecule has 2 aromatic rings. The van der Waals surface area contributed by atoms with E-state index in [0.29, 0.717) is 23.7 Å². The van der Waals surface area contributed by atoms with Gasteiger partial charge >= 0.3 is 5.97 Å². The third-order valence-corrected chi connectivity index (χ3v) is 3.91. The highest BCUT2D eigenvalue weighted by Crippen LogP contribution is 2.27. The standard InChI is InChI=1S/C15H15ClN2O2/c16-11-5-3-10(4-6-11)8-12-9-18-7-1-2-13(15(19)20)14(18)17-12/h3-6,9,13H,1-2,7-8H2,(H,19,20). The Labute approximate surface area is 122 Å². The minimum atomic E-state index is -0.783. The molecule has 20 heavy (non-hydrogen) atoms. The molecular weight excluding hydrogens is 276 g/mol. The molecule has 0 aliphatic carbocycles. The van der Waals surface area contributed by atoms with E-state index >= 15 is 0 Å². The van der Waals surface area contributed by atoms with Gasteiger partial charge in [0.15, 0.2) is 0 Å². The molecular formula is C15H15ClN2O2. The second-order valence-corrected chi connectivity index (χ2v) is 5.56. The summed E-state index contributed by atoms with van der Waals surface area (Å²) in [6.45, 7) is 0.854. The van der Waals surface area contributed by atoms with Crippen molar-refractivity contribution in [2.24, 2.45) is 0 Å². The first-order valence-electron chi connectivity index (χ1n) is 6.66. The molecule has 0 amide bonds. The van der Waals surface area contributed by atoms with E-state index in [9.17, 15) is 9.90 Å². The lowest BCUT2D eigenvalue weighted by atomic mass is 9.99. The smallest absolute Gasteiger partial charge is 0.314 e. The molecule has 1 aromatic heterocycles. The number of hydrogen-bond donors (Lipinski definition) is 1. The molecule has 0 spiro atoms. The molecule has 5 heteroatoms. The third-order valence-electron chi connectivity index (χ3n) is 3.66. The molecule has 4 nitrogen and oxygen atoms in total. The van der Waals surface area contributed by atoms with E-state index in [1.165, 1.54) is 0 Å². The number of hydrogen-bond acceptors (Lipinski definition) is 2. The summed E-state index contributed by atoms with van der Waals surface area (Å²) < 4.78 is 1.98. The number of aliphatic carboxylic acids is 1. The zero-order chi connectivity index (χ0) is 14.1. The Bertz CT molecular complexity index is 634. The fraction of sp³-hybridized carbons (Fsp3) is 0.333. The first kappa shape index (κ1) is 13.2. The van der Waals surface area contributed by atoms with Crippen molar-refractivity contribution in [3.63, 3.8) is 0 Å². The molecule has 1 aliphatic heterocycles. The maximum Gasteiger partial charge on any atom is 0.314 e. The average molecular weight is 291 g/mol. The van der Waals surface area contributed by atoms with Crippen molar-refractivity contribution in [1.29, 1.82) is 0 Å². The Hall–Kier alpha value is -1.81. The minimum Gasteiger partial charge on any atom is -0.481 e. The molecule has 104 valence electrons. The fourth-order valence-corrected chi connectivity index (χ4v) is 2.79. The van der Waals surface area contributed by atoms with Crippen LogP contribution in [0.4, 0.5) is 0 Å². The van der Waals surface area contributed by atoms with E-state index in [1.807, 2.05) is 35.0 Å². The number of aryl methyl sites for hydroxylation is 1. The molecule has 0 bridgehead atoms. The van der Waals surface area contributed by atoms with Gasteiger partial charge in [-0.15, -0.1) is 0 Å². The highest BCUT2D eigenvalue weighted by molar-refractivity contribution is 6.30. The van der Waals surface area contributed by atoms with Crippen molar-refractivity contribution in [1.82, 2.24) is 9.55 Å². The summed E-state index contributed by atoms with van der Waals surface area (Å²) >= 11 is 5.87. The van der Waals surface area contributed by atoms with Crippen molar-refractivity contribution in [3.05, 3.63) is 52.6 Å². The number of aromatic nitrogens is 2. The van der Waals surface area contributed by atoms with Crippen LogP contribution in [0.1, 0.15) is 35.8 Å². The highest BCUT2D eigenvalue weighted by atomic mass is 35.5. The Morgan fingerprint density at radius 1 is 1.40 bits per heavy atom. The SMILES string of the molecule is O=C(O)C1CCCn2cc(Cc3ccc(Cl)cc3)nc21. The zero-order valence-corrected chi connectivity index (χ0v) is 11.7. The van der Waals surface area contributed by atoms with Gasteiger partial charge in [0, 0.05) is 24.2 Å². The molecule has 0 radical (unpaired) electrons. The van der Waals surface area contributed by atoms with E-state index < -0.39 is 11.9 Å². The van der Waals surface area contributed by atoms with E-state index in [0.717, 1.165) is 24.2 Å². The van der Waals surface area contributed by atoms with Gasteiger partial charge < -0.3 is 9.67 Å². The van der Waals surface area contributed by atoms with Crippen LogP contribution in [-0.2, 0) is 17.8 Å². The summed E-state index contributed by atoms with van der Waals surface area (Å²) in [4.78, 5) is 15.8. The molecule has 3 rings (SSSR count). The molecule has 2 heterocycles. The third kappa shape index (κ3) is 2.56. The maximum atomic E-state index is 11.3. The number of carboxylic acids is 1. The van der Waals surface area contributed by atoms with Gasteiger partial charge in [0.05, 0.1) is 5.69 Å². The molecule has 1 N–H and O–H groups in total. The largest absolute Gasteiger partial charge is 0.481 e. The number of rotatable bonds is 3. The quantitative estimate of drug-likeness (QED) is 0.945. The second kappa shape index (κ2) is 5.29. The molecule has 1 atom stereocenters. The highest BCUT2D eigenvalue weighted by Gasteiger charge is 2.28. The number of carboxylic acid groups (broad SMARTS) is 1. The van der Waals surface area contributed by atoms with Crippen molar-refractivity contribution in [3.8, 4) is 0 Å². The summed E-state index contributed by atoms with van der Waals surface area (Å²) in [5.74, 6) is -0.565. The molecule has 1 aliphatic rings. The van der Waals surface area contributed by atoms with Crippen LogP contribution >= 0.6 is 11.6 Å². The van der Waals surface area contributed by atoms with Crippen LogP contribution in [0.15, 0.2) is 30.5 Å². The number of benzene rings is 1. The molecule has 0 saturated heterocycles. The van der Waals surface area contributed by atoms with Crippen LogP contribution in [-0.4, -0.2) is 20.6 Å². The lowest BCUT2D eigenvalue weighted by Gasteiger charge is -2.19. The van der Waals surface area contributed by atoms with Crippen LogP contribution in [0.5, 0.6) is 0 Å². The van der Waals surface area contributed by atoms with Gasteiger partial charge in [0.25, 0.3) is 0 Å². The maximum absolute atomic E-state index is 11.3. The van der Waals surface area contributed by atoms with Gasteiger partial charge in [0.1, 0.15) is 11.7 Å². The van der Waals surface area contributed by atoms with Crippen LogP contribution in [0.3, 0.4) is 0 Å². The van der Waals surface area contributed by atoms with Crippen LogP contribution in [0.2, 0.25) is 5.02 Å². The van der Waals surface area contributed by atoms with Crippen LogP contribution < -0.4 is 0 Å². The van der Waals surface area contributed by atoms with Crippen molar-refractivity contribution >= 4 is 17.6 Å². The summed E-state index contributed by atoms with van der Waals surface area (Å²) in [6.07, 6.45) is 4.23. The Morgan fingerprint density at radius 2 is 2.15 bits per heavy atom. The van der Waals surface area contributed by atoms with Gasteiger partial charge in [0.2, 0.25) is 0 Å². The van der Waals surface area contributed by atoms with Crippen LogP contribution in [0, 0.1) is 0 Å². The number of nitrogens with zero attached hydrogens (tertiary/aromatic N) is 2. The summed E-state index contributed by atoms with van der Waals surface area (Å²) in [5.41, 5.74) is 2.03.